The van der Waals surface area contributed by atoms with Crippen LogP contribution in [0.3, 0.4) is 0 Å². The van der Waals surface area contributed by atoms with Gasteiger partial charge in [-0.3, -0.25) is 10.1 Å². The van der Waals surface area contributed by atoms with E-state index in [0.717, 1.165) is 30.0 Å². The van der Waals surface area contributed by atoms with Gasteiger partial charge in [-0.25, -0.2) is 0 Å². The molecule has 0 saturated heterocycles. The summed E-state index contributed by atoms with van der Waals surface area (Å²) in [4.78, 5) is 10.8. The molecule has 1 unspecified atom stereocenters. The molecule has 1 atom stereocenters. The average Bonchev–Trinajstić information content (AvgIpc) is 2.45. The molecule has 4 nitrogen and oxygen atoms in total. The van der Waals surface area contributed by atoms with Crippen molar-refractivity contribution in [3.05, 3.63) is 33.9 Å². The third-order valence-corrected chi connectivity index (χ3v) is 4.53. The Hall–Kier alpha value is -1.23. The van der Waals surface area contributed by atoms with E-state index in [0.29, 0.717) is 11.6 Å². The minimum Gasteiger partial charge on any atom is -0.380 e. The van der Waals surface area contributed by atoms with Crippen LogP contribution in [0.15, 0.2) is 18.2 Å². The number of rotatable bonds is 9. The molecule has 0 fully saturated rings. The molecule has 0 spiro atoms. The maximum atomic E-state index is 11.1. The third kappa shape index (κ3) is 5.41. The van der Waals surface area contributed by atoms with Gasteiger partial charge in [-0.15, -0.1) is 0 Å². The zero-order chi connectivity index (χ0) is 15.0. The quantitative estimate of drug-likeness (QED) is 0.530. The van der Waals surface area contributed by atoms with Crippen LogP contribution in [-0.2, 0) is 5.75 Å². The summed E-state index contributed by atoms with van der Waals surface area (Å²) in [6.45, 7) is 7.21. The standard InChI is InChI=1S/C15H24N2O2S/c1-4-8-16-14-7-6-13(9-15(14)17(18)19)11-20-10-12(3)5-2/h6-7,9,12,16H,4-5,8,10-11H2,1-3H3. The summed E-state index contributed by atoms with van der Waals surface area (Å²) in [5.41, 5.74) is 1.82. The zero-order valence-electron chi connectivity index (χ0n) is 12.5. The van der Waals surface area contributed by atoms with Gasteiger partial charge >= 0.3 is 0 Å². The number of nitrogens with zero attached hydrogens (tertiary/aromatic N) is 1. The Morgan fingerprint density at radius 1 is 1.40 bits per heavy atom. The fourth-order valence-corrected chi connectivity index (χ4v) is 2.89. The van der Waals surface area contributed by atoms with Crippen molar-refractivity contribution in [1.82, 2.24) is 0 Å². The maximum absolute atomic E-state index is 11.1. The predicted molar refractivity (Wildman–Crippen MR) is 87.5 cm³/mol. The Balaban J connectivity index is 2.69. The Morgan fingerprint density at radius 2 is 2.15 bits per heavy atom. The van der Waals surface area contributed by atoms with E-state index in [1.165, 1.54) is 6.42 Å². The number of thioether (sulfide) groups is 1. The van der Waals surface area contributed by atoms with E-state index in [-0.39, 0.29) is 10.6 Å². The number of benzene rings is 1. The van der Waals surface area contributed by atoms with Gasteiger partial charge in [0.2, 0.25) is 0 Å². The molecule has 1 aromatic carbocycles. The summed E-state index contributed by atoms with van der Waals surface area (Å²) in [5, 5.41) is 14.2. The molecule has 0 bridgehead atoms. The lowest BCUT2D eigenvalue weighted by molar-refractivity contribution is -0.384. The molecule has 0 aliphatic rings. The fourth-order valence-electron chi connectivity index (χ4n) is 1.72. The number of hydrogen-bond acceptors (Lipinski definition) is 4. The highest BCUT2D eigenvalue weighted by Crippen LogP contribution is 2.27. The van der Waals surface area contributed by atoms with Crippen LogP contribution in [0.2, 0.25) is 0 Å². The van der Waals surface area contributed by atoms with Crippen molar-refractivity contribution in [2.24, 2.45) is 5.92 Å². The summed E-state index contributed by atoms with van der Waals surface area (Å²) in [6, 6.07) is 5.50. The first-order valence-electron chi connectivity index (χ1n) is 7.17. The first kappa shape index (κ1) is 16.8. The van der Waals surface area contributed by atoms with Crippen LogP contribution in [0.25, 0.3) is 0 Å². The number of nitro groups is 1. The largest absolute Gasteiger partial charge is 0.380 e. The van der Waals surface area contributed by atoms with E-state index in [4.69, 9.17) is 0 Å². The summed E-state index contributed by atoms with van der Waals surface area (Å²) in [6.07, 6.45) is 2.12. The van der Waals surface area contributed by atoms with E-state index in [1.807, 2.05) is 30.8 Å². The van der Waals surface area contributed by atoms with Gasteiger partial charge in [0.05, 0.1) is 4.92 Å². The normalized spacial score (nSPS) is 12.2. The maximum Gasteiger partial charge on any atom is 0.292 e. The molecule has 1 N–H and O–H groups in total. The van der Waals surface area contributed by atoms with Crippen LogP contribution in [0.4, 0.5) is 11.4 Å². The minimum atomic E-state index is -0.305. The topological polar surface area (TPSA) is 55.2 Å². The Kier molecular flexibility index (Phi) is 7.44. The molecule has 1 aromatic rings. The highest BCUT2D eigenvalue weighted by atomic mass is 32.2. The molecule has 20 heavy (non-hydrogen) atoms. The first-order chi connectivity index (χ1) is 9.58. The summed E-state index contributed by atoms with van der Waals surface area (Å²) in [5.74, 6) is 2.62. The highest BCUT2D eigenvalue weighted by Gasteiger charge is 2.14. The molecule has 5 heteroatoms. The first-order valence-corrected chi connectivity index (χ1v) is 8.32. The molecule has 0 radical (unpaired) electrons. The lowest BCUT2D eigenvalue weighted by Crippen LogP contribution is -2.03. The fraction of sp³-hybridized carbons (Fsp3) is 0.600. The molecular formula is C15H24N2O2S. The Labute approximate surface area is 125 Å². The predicted octanol–water partition coefficient (Wildman–Crippen LogP) is 4.70. The van der Waals surface area contributed by atoms with Gasteiger partial charge in [0.1, 0.15) is 5.69 Å². The minimum absolute atomic E-state index is 0.181. The van der Waals surface area contributed by atoms with Crippen molar-refractivity contribution in [2.45, 2.75) is 39.4 Å². The van der Waals surface area contributed by atoms with Gasteiger partial charge in [-0.2, -0.15) is 11.8 Å². The molecular weight excluding hydrogens is 272 g/mol. The van der Waals surface area contributed by atoms with E-state index in [1.54, 1.807) is 6.07 Å². The van der Waals surface area contributed by atoms with Crippen molar-refractivity contribution >= 4 is 23.1 Å². The molecule has 0 aliphatic heterocycles. The van der Waals surface area contributed by atoms with Crippen LogP contribution >= 0.6 is 11.8 Å². The number of nitrogens with one attached hydrogen (secondary N) is 1. The van der Waals surface area contributed by atoms with E-state index in [2.05, 4.69) is 19.2 Å². The van der Waals surface area contributed by atoms with Crippen LogP contribution < -0.4 is 5.32 Å². The second kappa shape index (κ2) is 8.84. The lowest BCUT2D eigenvalue weighted by Gasteiger charge is -2.09. The number of anilines is 1. The number of nitro benzene ring substituents is 1. The van der Waals surface area contributed by atoms with Gasteiger partial charge in [0.15, 0.2) is 0 Å². The van der Waals surface area contributed by atoms with Crippen LogP contribution in [0, 0.1) is 16.0 Å². The molecule has 0 aliphatic carbocycles. The number of hydrogen-bond donors (Lipinski definition) is 1. The Morgan fingerprint density at radius 3 is 2.75 bits per heavy atom. The smallest absolute Gasteiger partial charge is 0.292 e. The van der Waals surface area contributed by atoms with Gasteiger partial charge in [0.25, 0.3) is 5.69 Å². The van der Waals surface area contributed by atoms with Gasteiger partial charge in [0, 0.05) is 18.4 Å². The van der Waals surface area contributed by atoms with Crippen LogP contribution in [-0.4, -0.2) is 17.2 Å². The third-order valence-electron chi connectivity index (χ3n) is 3.19. The molecule has 1 rings (SSSR count). The van der Waals surface area contributed by atoms with E-state index < -0.39 is 0 Å². The van der Waals surface area contributed by atoms with Gasteiger partial charge in [-0.05, 0) is 29.7 Å². The second-order valence-corrected chi connectivity index (χ2v) is 6.09. The van der Waals surface area contributed by atoms with Crippen molar-refractivity contribution in [2.75, 3.05) is 17.6 Å². The molecule has 0 aromatic heterocycles. The Bertz CT molecular complexity index is 438. The molecule has 0 amide bonds. The monoisotopic (exact) mass is 296 g/mol. The van der Waals surface area contributed by atoms with Gasteiger partial charge < -0.3 is 5.32 Å². The molecule has 112 valence electrons. The lowest BCUT2D eigenvalue weighted by atomic mass is 10.2. The van der Waals surface area contributed by atoms with Crippen molar-refractivity contribution in [3.8, 4) is 0 Å². The van der Waals surface area contributed by atoms with Gasteiger partial charge in [-0.1, -0.05) is 33.3 Å². The summed E-state index contributed by atoms with van der Waals surface area (Å²) < 4.78 is 0. The van der Waals surface area contributed by atoms with Crippen LogP contribution in [0.1, 0.15) is 39.2 Å². The SMILES string of the molecule is CCCNc1ccc(CSCC(C)CC)cc1[N+](=O)[O-]. The van der Waals surface area contributed by atoms with Crippen molar-refractivity contribution < 1.29 is 4.92 Å². The van der Waals surface area contributed by atoms with E-state index in [9.17, 15) is 10.1 Å². The molecule has 0 saturated carbocycles. The highest BCUT2D eigenvalue weighted by molar-refractivity contribution is 7.98. The molecule has 0 heterocycles. The van der Waals surface area contributed by atoms with Crippen molar-refractivity contribution in [3.63, 3.8) is 0 Å². The van der Waals surface area contributed by atoms with Crippen LogP contribution in [0.5, 0.6) is 0 Å². The zero-order valence-corrected chi connectivity index (χ0v) is 13.3. The van der Waals surface area contributed by atoms with Crippen molar-refractivity contribution in [1.29, 1.82) is 0 Å². The van der Waals surface area contributed by atoms with E-state index >= 15 is 0 Å². The second-order valence-electron chi connectivity index (χ2n) is 5.06. The average molecular weight is 296 g/mol. The summed E-state index contributed by atoms with van der Waals surface area (Å²) in [7, 11) is 0. The summed E-state index contributed by atoms with van der Waals surface area (Å²) >= 11 is 1.84.